The summed E-state index contributed by atoms with van der Waals surface area (Å²) in [4.78, 5) is 12.3. The first-order valence-corrected chi connectivity index (χ1v) is 6.85. The van der Waals surface area contributed by atoms with Crippen molar-refractivity contribution in [2.45, 2.75) is 0 Å². The van der Waals surface area contributed by atoms with Crippen LogP contribution in [0.25, 0.3) is 6.08 Å². The van der Waals surface area contributed by atoms with Crippen LogP contribution < -0.4 is 0 Å². The van der Waals surface area contributed by atoms with E-state index < -0.39 is 0 Å². The number of alkyl halides is 1. The van der Waals surface area contributed by atoms with Gasteiger partial charge in [-0.25, -0.2) is 0 Å². The molecular formula is C16H13BrO. The maximum absolute atomic E-state index is 12.3. The van der Waals surface area contributed by atoms with E-state index in [0.29, 0.717) is 5.33 Å². The standard InChI is InChI=1S/C16H13BrO/c17-12-15(11-13-7-3-1-4-8-13)16(18)14-9-5-2-6-10-14/h1-11H,12H2/b15-11-. The van der Waals surface area contributed by atoms with Crippen molar-refractivity contribution in [1.82, 2.24) is 0 Å². The van der Waals surface area contributed by atoms with Crippen LogP contribution in [0.15, 0.2) is 66.2 Å². The minimum Gasteiger partial charge on any atom is -0.289 e. The van der Waals surface area contributed by atoms with Gasteiger partial charge in [-0.05, 0) is 11.6 Å². The Morgan fingerprint density at radius 3 is 2.06 bits per heavy atom. The molecule has 0 radical (unpaired) electrons. The van der Waals surface area contributed by atoms with Gasteiger partial charge in [0, 0.05) is 16.5 Å². The number of carbonyl (C=O) groups is 1. The average molecular weight is 301 g/mol. The van der Waals surface area contributed by atoms with Gasteiger partial charge in [0.2, 0.25) is 0 Å². The molecular weight excluding hydrogens is 288 g/mol. The first kappa shape index (κ1) is 12.8. The van der Waals surface area contributed by atoms with E-state index in [4.69, 9.17) is 0 Å². The van der Waals surface area contributed by atoms with E-state index in [1.807, 2.05) is 66.7 Å². The van der Waals surface area contributed by atoms with Crippen molar-refractivity contribution in [2.75, 3.05) is 5.33 Å². The van der Waals surface area contributed by atoms with Gasteiger partial charge in [0.25, 0.3) is 0 Å². The fourth-order valence-electron chi connectivity index (χ4n) is 1.69. The maximum atomic E-state index is 12.3. The van der Waals surface area contributed by atoms with Crippen molar-refractivity contribution in [1.29, 1.82) is 0 Å². The third kappa shape index (κ3) is 3.17. The smallest absolute Gasteiger partial charge is 0.189 e. The fourth-order valence-corrected chi connectivity index (χ4v) is 2.11. The van der Waals surface area contributed by atoms with Crippen molar-refractivity contribution in [3.63, 3.8) is 0 Å². The molecule has 2 rings (SSSR count). The van der Waals surface area contributed by atoms with Crippen LogP contribution in [0.5, 0.6) is 0 Å². The summed E-state index contributed by atoms with van der Waals surface area (Å²) >= 11 is 3.38. The summed E-state index contributed by atoms with van der Waals surface area (Å²) in [6.07, 6.45) is 1.92. The predicted molar refractivity (Wildman–Crippen MR) is 79.0 cm³/mol. The van der Waals surface area contributed by atoms with Crippen LogP contribution in [0.2, 0.25) is 0 Å². The molecule has 0 unspecified atom stereocenters. The van der Waals surface area contributed by atoms with E-state index in [2.05, 4.69) is 15.9 Å². The molecule has 0 aliphatic carbocycles. The van der Waals surface area contributed by atoms with Crippen LogP contribution in [-0.2, 0) is 0 Å². The normalized spacial score (nSPS) is 11.3. The molecule has 0 atom stereocenters. The van der Waals surface area contributed by atoms with Gasteiger partial charge >= 0.3 is 0 Å². The second-order valence-corrected chi connectivity index (χ2v) is 4.47. The Bertz CT molecular complexity index is 544. The summed E-state index contributed by atoms with van der Waals surface area (Å²) in [6, 6.07) is 19.2. The van der Waals surface area contributed by atoms with E-state index in [1.165, 1.54) is 0 Å². The van der Waals surface area contributed by atoms with E-state index in [-0.39, 0.29) is 5.78 Å². The number of halogens is 1. The van der Waals surface area contributed by atoms with E-state index in [1.54, 1.807) is 0 Å². The highest BCUT2D eigenvalue weighted by Crippen LogP contribution is 2.14. The lowest BCUT2D eigenvalue weighted by Gasteiger charge is -2.03. The van der Waals surface area contributed by atoms with Crippen molar-refractivity contribution < 1.29 is 4.79 Å². The highest BCUT2D eigenvalue weighted by atomic mass is 79.9. The summed E-state index contributed by atoms with van der Waals surface area (Å²) in [7, 11) is 0. The Morgan fingerprint density at radius 1 is 0.944 bits per heavy atom. The number of hydrogen-bond donors (Lipinski definition) is 0. The molecule has 2 heteroatoms. The molecule has 0 aliphatic heterocycles. The van der Waals surface area contributed by atoms with Crippen molar-refractivity contribution >= 4 is 27.8 Å². The van der Waals surface area contributed by atoms with Gasteiger partial charge in [-0.2, -0.15) is 0 Å². The zero-order chi connectivity index (χ0) is 12.8. The van der Waals surface area contributed by atoms with Crippen molar-refractivity contribution in [3.8, 4) is 0 Å². The number of allylic oxidation sites excluding steroid dienone is 1. The van der Waals surface area contributed by atoms with Crippen molar-refractivity contribution in [2.24, 2.45) is 0 Å². The molecule has 0 aromatic heterocycles. The Kier molecular flexibility index (Phi) is 4.48. The molecule has 18 heavy (non-hydrogen) atoms. The molecule has 0 aliphatic rings. The van der Waals surface area contributed by atoms with Crippen LogP contribution in [-0.4, -0.2) is 11.1 Å². The van der Waals surface area contributed by atoms with Gasteiger partial charge in [0.05, 0.1) is 0 Å². The van der Waals surface area contributed by atoms with Crippen LogP contribution >= 0.6 is 15.9 Å². The first-order chi connectivity index (χ1) is 8.81. The summed E-state index contributed by atoms with van der Waals surface area (Å²) in [5.74, 6) is 0.0660. The zero-order valence-electron chi connectivity index (χ0n) is 9.84. The molecule has 0 bridgehead atoms. The minimum atomic E-state index is 0.0660. The van der Waals surface area contributed by atoms with Gasteiger partial charge in [-0.15, -0.1) is 0 Å². The topological polar surface area (TPSA) is 17.1 Å². The quantitative estimate of drug-likeness (QED) is 0.466. The van der Waals surface area contributed by atoms with Crippen LogP contribution in [0.3, 0.4) is 0 Å². The number of carbonyl (C=O) groups excluding carboxylic acids is 1. The molecule has 0 heterocycles. The lowest BCUT2D eigenvalue weighted by Crippen LogP contribution is -2.04. The summed E-state index contributed by atoms with van der Waals surface area (Å²) in [6.45, 7) is 0. The van der Waals surface area contributed by atoms with Crippen molar-refractivity contribution in [3.05, 3.63) is 77.4 Å². The number of Topliss-reactive ketones (excluding diaryl/α,β-unsaturated/α-hetero) is 1. The molecule has 2 aromatic rings. The largest absolute Gasteiger partial charge is 0.289 e. The SMILES string of the molecule is O=C(/C(=C\c1ccccc1)CBr)c1ccccc1. The third-order valence-electron chi connectivity index (χ3n) is 2.61. The Balaban J connectivity index is 2.30. The molecule has 0 fully saturated rings. The summed E-state index contributed by atoms with van der Waals surface area (Å²) < 4.78 is 0. The molecule has 0 spiro atoms. The van der Waals surface area contributed by atoms with E-state index in [9.17, 15) is 4.79 Å². The summed E-state index contributed by atoms with van der Waals surface area (Å²) in [5, 5.41) is 0.551. The molecule has 0 saturated carbocycles. The molecule has 0 amide bonds. The maximum Gasteiger partial charge on any atom is 0.189 e. The predicted octanol–water partition coefficient (Wildman–Crippen LogP) is 4.35. The van der Waals surface area contributed by atoms with Crippen LogP contribution in [0.4, 0.5) is 0 Å². The lowest BCUT2D eigenvalue weighted by atomic mass is 10.0. The molecule has 1 nitrogen and oxygen atoms in total. The molecule has 2 aromatic carbocycles. The molecule has 0 saturated heterocycles. The minimum absolute atomic E-state index is 0.0660. The number of hydrogen-bond acceptors (Lipinski definition) is 1. The highest BCUT2D eigenvalue weighted by Gasteiger charge is 2.10. The first-order valence-electron chi connectivity index (χ1n) is 5.72. The molecule has 90 valence electrons. The number of ketones is 1. The Morgan fingerprint density at radius 2 is 1.50 bits per heavy atom. The van der Waals surface area contributed by atoms with Gasteiger partial charge in [0.15, 0.2) is 5.78 Å². The number of benzene rings is 2. The highest BCUT2D eigenvalue weighted by molar-refractivity contribution is 9.09. The van der Waals surface area contributed by atoms with Crippen LogP contribution in [0.1, 0.15) is 15.9 Å². The molecule has 0 N–H and O–H groups in total. The van der Waals surface area contributed by atoms with E-state index in [0.717, 1.165) is 16.7 Å². The average Bonchev–Trinajstić information content (AvgIpc) is 2.46. The second-order valence-electron chi connectivity index (χ2n) is 3.91. The second kappa shape index (κ2) is 6.31. The zero-order valence-corrected chi connectivity index (χ0v) is 11.4. The number of rotatable bonds is 4. The lowest BCUT2D eigenvalue weighted by molar-refractivity contribution is 0.103. The van der Waals surface area contributed by atoms with Crippen LogP contribution in [0, 0.1) is 0 Å². The Hall–Kier alpha value is -1.67. The van der Waals surface area contributed by atoms with Gasteiger partial charge in [-0.3, -0.25) is 4.79 Å². The van der Waals surface area contributed by atoms with E-state index >= 15 is 0 Å². The Labute approximate surface area is 115 Å². The van der Waals surface area contributed by atoms with Gasteiger partial charge < -0.3 is 0 Å². The fraction of sp³-hybridized carbons (Fsp3) is 0.0625. The van der Waals surface area contributed by atoms with Gasteiger partial charge in [-0.1, -0.05) is 76.6 Å². The monoisotopic (exact) mass is 300 g/mol. The summed E-state index contributed by atoms with van der Waals surface area (Å²) in [5.41, 5.74) is 2.52. The van der Waals surface area contributed by atoms with Gasteiger partial charge in [0.1, 0.15) is 0 Å². The third-order valence-corrected chi connectivity index (χ3v) is 3.22.